The molecule has 5 heteroatoms. The molecule has 0 nitrogen and oxygen atoms in total. The van der Waals surface area contributed by atoms with E-state index in [4.69, 9.17) is 0 Å². The summed E-state index contributed by atoms with van der Waals surface area (Å²) < 4.78 is 0.804. The van der Waals surface area contributed by atoms with Crippen molar-refractivity contribution in [3.63, 3.8) is 0 Å². The molecule has 8 aromatic rings. The molecule has 2 aliphatic rings. The number of fused-ring (bicyclic) bond motifs is 2. The van der Waals surface area contributed by atoms with Crippen molar-refractivity contribution in [2.75, 3.05) is 0 Å². The third-order valence-electron chi connectivity index (χ3n) is 12.5. The fourth-order valence-corrected chi connectivity index (χ4v) is 16.9. The smallest absolute Gasteiger partial charge is 1.00 e. The summed E-state index contributed by atoms with van der Waals surface area (Å²) in [4.78, 5) is 5.49. The fourth-order valence-electron chi connectivity index (χ4n) is 9.23. The first-order valence-electron chi connectivity index (χ1n) is 22.1. The molecule has 6 aromatic carbocycles. The Hall–Kier alpha value is -4.34. The second-order valence-electron chi connectivity index (χ2n) is 16.5. The molecule has 0 saturated carbocycles. The van der Waals surface area contributed by atoms with Crippen molar-refractivity contribution in [2.45, 2.75) is 59.6 Å². The molecule has 2 unspecified atom stereocenters. The van der Waals surface area contributed by atoms with Gasteiger partial charge in [-0.15, -0.1) is 0 Å². The van der Waals surface area contributed by atoms with Gasteiger partial charge >= 0.3 is 385 Å². The molecule has 0 aliphatic heterocycles. The van der Waals surface area contributed by atoms with E-state index in [9.17, 15) is 0 Å². The number of unbranched alkanes of at least 4 members (excludes halogenated alkanes) is 2. The van der Waals surface area contributed by atoms with Gasteiger partial charge in [-0.3, -0.25) is 0 Å². The molecule has 2 heterocycles. The second-order valence-corrected chi connectivity index (χ2v) is 22.3. The van der Waals surface area contributed by atoms with Crippen molar-refractivity contribution >= 4 is 46.0 Å². The van der Waals surface area contributed by atoms with Crippen molar-refractivity contribution in [3.05, 3.63) is 213 Å². The zero-order chi connectivity index (χ0) is 41.1. The van der Waals surface area contributed by atoms with Crippen LogP contribution >= 0.6 is 22.7 Å². The van der Waals surface area contributed by atoms with Crippen LogP contribution in [-0.2, 0) is 36.1 Å². The van der Waals surface area contributed by atoms with Gasteiger partial charge in [0.25, 0.3) is 0 Å². The Labute approximate surface area is 406 Å². The average molecular weight is 973 g/mol. The van der Waals surface area contributed by atoms with Crippen molar-refractivity contribution in [2.24, 2.45) is 0 Å². The third-order valence-corrected chi connectivity index (χ3v) is 19.6. The van der Waals surface area contributed by atoms with E-state index in [1.165, 1.54) is 123 Å². The molecule has 0 bridgehead atoms. The monoisotopic (exact) mass is 970 g/mol. The fraction of sp³-hybridized carbons (Fsp3) is 0.172. The van der Waals surface area contributed by atoms with E-state index in [0.717, 1.165) is 12.8 Å². The summed E-state index contributed by atoms with van der Waals surface area (Å²) in [7, 11) is 0. The minimum Gasteiger partial charge on any atom is -1.00 e. The summed E-state index contributed by atoms with van der Waals surface area (Å²) in [5.74, 6) is 0. The van der Waals surface area contributed by atoms with Crippen LogP contribution in [0.15, 0.2) is 170 Å². The minimum atomic E-state index is -1.31. The zero-order valence-electron chi connectivity index (χ0n) is 35.8. The summed E-state index contributed by atoms with van der Waals surface area (Å²) in [6.07, 6.45) is 12.4. The summed E-state index contributed by atoms with van der Waals surface area (Å²) in [5, 5.41) is 0. The van der Waals surface area contributed by atoms with Crippen molar-refractivity contribution in [1.29, 1.82) is 0 Å². The van der Waals surface area contributed by atoms with Gasteiger partial charge in [0.1, 0.15) is 0 Å². The van der Waals surface area contributed by atoms with Crippen LogP contribution in [0.2, 0.25) is 0 Å². The van der Waals surface area contributed by atoms with Crippen LogP contribution in [0.3, 0.4) is 0 Å². The first kappa shape index (κ1) is 45.2. The SMILES string of the molecule is CCCCc1ccc(-c2cccc3c2C=C(c2ccc(-c4ccccc4)s2)[CH]3[Zr+2][CH]2C(c3ccc(-c4ccccc4)s3)=Cc3c(-c4ccc(CCCC)cc4)cccc32)cc1.[Cl-].[Cl-]. The van der Waals surface area contributed by atoms with Gasteiger partial charge < -0.3 is 24.8 Å². The molecule has 0 fully saturated rings. The van der Waals surface area contributed by atoms with E-state index in [1.807, 2.05) is 22.7 Å². The first-order chi connectivity index (χ1) is 30.1. The van der Waals surface area contributed by atoms with Gasteiger partial charge in [-0.05, 0) is 0 Å². The Kier molecular flexibility index (Phi) is 14.8. The van der Waals surface area contributed by atoms with Crippen LogP contribution in [0.1, 0.15) is 89.9 Å². The van der Waals surface area contributed by atoms with Gasteiger partial charge in [0, 0.05) is 0 Å². The Morgan fingerprint density at radius 2 is 0.794 bits per heavy atom. The molecule has 2 atom stereocenters. The van der Waals surface area contributed by atoms with Gasteiger partial charge in [-0.2, -0.15) is 0 Å². The Balaban J connectivity index is 0.00000272. The minimum absolute atomic E-state index is 0. The van der Waals surface area contributed by atoms with E-state index in [0.29, 0.717) is 7.25 Å². The zero-order valence-corrected chi connectivity index (χ0v) is 41.4. The van der Waals surface area contributed by atoms with Gasteiger partial charge in [0.2, 0.25) is 0 Å². The van der Waals surface area contributed by atoms with Gasteiger partial charge in [0.05, 0.1) is 0 Å². The second kappa shape index (κ2) is 20.7. The predicted octanol–water partition coefficient (Wildman–Crippen LogP) is 11.1. The quantitative estimate of drug-likeness (QED) is 0.102. The molecule has 0 amide bonds. The van der Waals surface area contributed by atoms with E-state index in [-0.39, 0.29) is 24.8 Å². The maximum atomic E-state index is 2.59. The number of benzene rings is 6. The molecule has 10 rings (SSSR count). The van der Waals surface area contributed by atoms with Crippen molar-refractivity contribution in [1.82, 2.24) is 0 Å². The summed E-state index contributed by atoms with van der Waals surface area (Å²) in [6, 6.07) is 64.6. The largest absolute Gasteiger partial charge is 1.00 e. The molecule has 0 N–H and O–H groups in total. The predicted molar refractivity (Wildman–Crippen MR) is 262 cm³/mol. The molecular formula is C58H50Cl2S2Zr. The first-order valence-corrected chi connectivity index (χ1v) is 26.6. The van der Waals surface area contributed by atoms with Gasteiger partial charge in [0.15, 0.2) is 0 Å². The number of hydrogen-bond donors (Lipinski definition) is 0. The summed E-state index contributed by atoms with van der Waals surface area (Å²) >= 11 is 2.61. The topological polar surface area (TPSA) is 0 Å². The van der Waals surface area contributed by atoms with Gasteiger partial charge in [-0.1, -0.05) is 0 Å². The van der Waals surface area contributed by atoms with Crippen LogP contribution in [0.25, 0.3) is 66.4 Å². The van der Waals surface area contributed by atoms with Crippen LogP contribution in [-0.4, -0.2) is 0 Å². The molecule has 312 valence electrons. The van der Waals surface area contributed by atoms with Crippen LogP contribution in [0.5, 0.6) is 0 Å². The number of rotatable bonds is 14. The van der Waals surface area contributed by atoms with Crippen LogP contribution in [0, 0.1) is 0 Å². The van der Waals surface area contributed by atoms with Gasteiger partial charge in [-0.25, -0.2) is 0 Å². The maximum Gasteiger partial charge on any atom is -1.00 e. The summed E-state index contributed by atoms with van der Waals surface area (Å²) in [5.41, 5.74) is 19.7. The molecule has 0 saturated heterocycles. The number of thiophene rings is 2. The van der Waals surface area contributed by atoms with Crippen molar-refractivity contribution in [3.8, 4) is 43.1 Å². The number of halogens is 2. The molecular weight excluding hydrogens is 923 g/mol. The van der Waals surface area contributed by atoms with E-state index < -0.39 is 23.2 Å². The molecule has 63 heavy (non-hydrogen) atoms. The van der Waals surface area contributed by atoms with Crippen molar-refractivity contribution < 1.29 is 48.0 Å². The third kappa shape index (κ3) is 9.43. The number of hydrogen-bond acceptors (Lipinski definition) is 2. The number of allylic oxidation sites excluding steroid dienone is 2. The van der Waals surface area contributed by atoms with E-state index in [2.05, 4.69) is 196 Å². The van der Waals surface area contributed by atoms with Crippen LogP contribution < -0.4 is 24.8 Å². The Morgan fingerprint density at radius 1 is 0.397 bits per heavy atom. The average Bonchev–Trinajstić information content (AvgIpc) is 4.15. The standard InChI is InChI=1S/2C29H25S.2ClH.Zr/c2*1-2-3-8-21-13-15-22(16-14-21)26-12-7-11-24-19-25(20-27(24)26)29-18-17-28(30-29)23-9-5-4-6-10-23;;;/h2*4-7,9-20H,2-3,8H2,1H3;2*1H;/q;;;;+2/p-2. The Morgan fingerprint density at radius 3 is 1.19 bits per heavy atom. The normalized spacial score (nSPS) is 14.8. The Bertz CT molecular complexity index is 2650. The maximum absolute atomic E-state index is 2.59. The molecule has 0 radical (unpaired) electrons. The van der Waals surface area contributed by atoms with Crippen LogP contribution in [0.4, 0.5) is 0 Å². The molecule has 2 aliphatic carbocycles. The molecule has 0 spiro atoms. The molecule has 2 aromatic heterocycles. The van der Waals surface area contributed by atoms with E-state index in [1.54, 1.807) is 0 Å². The van der Waals surface area contributed by atoms with E-state index >= 15 is 0 Å². The number of aryl methyl sites for hydroxylation is 2. The summed E-state index contributed by atoms with van der Waals surface area (Å²) in [6.45, 7) is 4.55.